The van der Waals surface area contributed by atoms with Crippen LogP contribution in [0.1, 0.15) is 25.3 Å². The van der Waals surface area contributed by atoms with E-state index in [-0.39, 0.29) is 18.1 Å². The van der Waals surface area contributed by atoms with Crippen molar-refractivity contribution >= 4 is 40.4 Å². The number of nitriles is 1. The lowest BCUT2D eigenvalue weighted by Crippen LogP contribution is -2.55. The van der Waals surface area contributed by atoms with Gasteiger partial charge in [-0.05, 0) is 50.1 Å². The van der Waals surface area contributed by atoms with E-state index in [0.717, 1.165) is 74.6 Å². The minimum atomic E-state index is -1.02. The third-order valence-corrected chi connectivity index (χ3v) is 9.98. The Balaban J connectivity index is 0.924. The van der Waals surface area contributed by atoms with Crippen LogP contribution in [0, 0.1) is 11.3 Å². The summed E-state index contributed by atoms with van der Waals surface area (Å²) in [6, 6.07) is 11.5. The number of nitrogens with zero attached hydrogens (tertiary/aromatic N) is 10. The van der Waals surface area contributed by atoms with Crippen LogP contribution >= 0.6 is 0 Å². The number of aromatic nitrogens is 3. The van der Waals surface area contributed by atoms with Crippen LogP contribution in [0.15, 0.2) is 42.7 Å². The molecule has 1 N–H and O–H groups in total. The Hall–Kier alpha value is -4.74. The zero-order chi connectivity index (χ0) is 33.2. The van der Waals surface area contributed by atoms with Crippen molar-refractivity contribution in [1.29, 1.82) is 5.26 Å². The van der Waals surface area contributed by atoms with Gasteiger partial charge in [0, 0.05) is 102 Å². The lowest BCUT2D eigenvalue weighted by Gasteiger charge is -2.42. The second kappa shape index (κ2) is 13.8. The second-order valence-electron chi connectivity index (χ2n) is 13.1. The molecule has 4 aliphatic rings. The summed E-state index contributed by atoms with van der Waals surface area (Å²) < 4.78 is 6.41. The van der Waals surface area contributed by atoms with Gasteiger partial charge in [0.15, 0.2) is 0 Å². The summed E-state index contributed by atoms with van der Waals surface area (Å²) in [5, 5.41) is 20.0. The van der Waals surface area contributed by atoms with E-state index in [1.807, 2.05) is 30.3 Å². The molecule has 14 heteroatoms. The van der Waals surface area contributed by atoms with Crippen LogP contribution in [0.5, 0.6) is 0 Å². The second-order valence-corrected chi connectivity index (χ2v) is 13.1. The monoisotopic (exact) mass is 654 g/mol. The number of carbonyl (C=O) groups excluding carboxylic acids is 1. The van der Waals surface area contributed by atoms with Crippen molar-refractivity contribution in [2.75, 3.05) is 93.2 Å². The van der Waals surface area contributed by atoms with Gasteiger partial charge in [-0.2, -0.15) is 10.2 Å². The van der Waals surface area contributed by atoms with Crippen LogP contribution in [0.2, 0.25) is 0 Å². The maximum absolute atomic E-state index is 13.1. The zero-order valence-electron chi connectivity index (χ0n) is 27.3. The van der Waals surface area contributed by atoms with Crippen molar-refractivity contribution in [3.05, 3.63) is 48.3 Å². The average molecular weight is 655 g/mol. The highest BCUT2D eigenvalue weighted by Crippen LogP contribution is 2.31. The SMILES string of the molecule is C[C@@H]1CN(c2ccc(C#N)c3ncccc23)C[C@H](CN2CCN(c3ccnc(N4CCN(C(=O)C5CCCN5C(=O)O)CC4)n3)CC2)O1. The Morgan fingerprint density at radius 2 is 1.73 bits per heavy atom. The van der Waals surface area contributed by atoms with E-state index in [1.165, 1.54) is 4.90 Å². The number of carbonyl (C=O) groups is 2. The molecule has 0 spiro atoms. The van der Waals surface area contributed by atoms with Gasteiger partial charge < -0.3 is 29.4 Å². The predicted octanol–water partition coefficient (Wildman–Crippen LogP) is 2.10. The van der Waals surface area contributed by atoms with E-state index in [0.29, 0.717) is 50.7 Å². The summed E-state index contributed by atoms with van der Waals surface area (Å²) in [7, 11) is 0. The van der Waals surface area contributed by atoms with Crippen molar-refractivity contribution in [3.8, 4) is 6.07 Å². The van der Waals surface area contributed by atoms with E-state index in [4.69, 9.17) is 9.72 Å². The Morgan fingerprint density at radius 1 is 0.938 bits per heavy atom. The quantitative estimate of drug-likeness (QED) is 0.416. The molecule has 0 radical (unpaired) electrons. The topological polar surface area (TPSA) is 146 Å². The molecule has 3 aromatic rings. The number of fused-ring (bicyclic) bond motifs is 1. The first-order chi connectivity index (χ1) is 23.4. The smallest absolute Gasteiger partial charge is 0.407 e. The summed E-state index contributed by atoms with van der Waals surface area (Å²) in [6.45, 7) is 10.7. The normalized spacial score (nSPS) is 23.8. The summed E-state index contributed by atoms with van der Waals surface area (Å²) in [4.78, 5) is 50.9. The molecule has 14 nitrogen and oxygen atoms in total. The van der Waals surface area contributed by atoms with Crippen LogP contribution in [-0.2, 0) is 9.53 Å². The molecule has 2 aromatic heterocycles. The highest BCUT2D eigenvalue weighted by Gasteiger charge is 2.38. The van der Waals surface area contributed by atoms with Gasteiger partial charge in [-0.25, -0.2) is 9.78 Å². The molecule has 0 bridgehead atoms. The summed E-state index contributed by atoms with van der Waals surface area (Å²) >= 11 is 0. The molecule has 2 amide bonds. The molecule has 4 saturated heterocycles. The van der Waals surface area contributed by atoms with Gasteiger partial charge in [-0.15, -0.1) is 0 Å². The van der Waals surface area contributed by atoms with Crippen LogP contribution < -0.4 is 14.7 Å². The summed E-state index contributed by atoms with van der Waals surface area (Å²) in [5.74, 6) is 1.46. The zero-order valence-corrected chi connectivity index (χ0v) is 27.3. The van der Waals surface area contributed by atoms with Gasteiger partial charge >= 0.3 is 6.09 Å². The van der Waals surface area contributed by atoms with Gasteiger partial charge in [-0.3, -0.25) is 19.6 Å². The van der Waals surface area contributed by atoms with Crippen molar-refractivity contribution < 1.29 is 19.4 Å². The fourth-order valence-electron chi connectivity index (χ4n) is 7.57. The molecular weight excluding hydrogens is 612 g/mol. The highest BCUT2D eigenvalue weighted by atomic mass is 16.5. The molecule has 7 rings (SSSR count). The lowest BCUT2D eigenvalue weighted by atomic mass is 10.1. The molecule has 252 valence electrons. The van der Waals surface area contributed by atoms with Gasteiger partial charge in [-0.1, -0.05) is 0 Å². The predicted molar refractivity (Wildman–Crippen MR) is 180 cm³/mol. The third-order valence-electron chi connectivity index (χ3n) is 9.98. The number of hydrogen-bond donors (Lipinski definition) is 1. The molecule has 4 aliphatic heterocycles. The largest absolute Gasteiger partial charge is 0.465 e. The van der Waals surface area contributed by atoms with Crippen molar-refractivity contribution in [1.82, 2.24) is 29.7 Å². The number of rotatable bonds is 6. The Kier molecular flexibility index (Phi) is 9.14. The average Bonchev–Trinajstić information content (AvgIpc) is 3.62. The maximum Gasteiger partial charge on any atom is 0.407 e. The summed E-state index contributed by atoms with van der Waals surface area (Å²) in [6.07, 6.45) is 3.96. The maximum atomic E-state index is 13.1. The number of morpholine rings is 1. The molecule has 48 heavy (non-hydrogen) atoms. The fourth-order valence-corrected chi connectivity index (χ4v) is 7.57. The highest BCUT2D eigenvalue weighted by molar-refractivity contribution is 5.95. The fraction of sp³-hybridized carbons (Fsp3) is 0.529. The molecule has 6 heterocycles. The van der Waals surface area contributed by atoms with Gasteiger partial charge in [0.1, 0.15) is 17.9 Å². The molecule has 0 aliphatic carbocycles. The van der Waals surface area contributed by atoms with Gasteiger partial charge in [0.05, 0.1) is 23.3 Å². The number of hydrogen-bond acceptors (Lipinski definition) is 11. The third kappa shape index (κ3) is 6.52. The first kappa shape index (κ1) is 31.8. The van der Waals surface area contributed by atoms with E-state index in [1.54, 1.807) is 17.3 Å². The number of likely N-dealkylation sites (tertiary alicyclic amines) is 1. The van der Waals surface area contributed by atoms with Crippen molar-refractivity contribution in [3.63, 3.8) is 0 Å². The van der Waals surface area contributed by atoms with E-state index < -0.39 is 12.1 Å². The molecule has 4 fully saturated rings. The number of anilines is 3. The van der Waals surface area contributed by atoms with Crippen LogP contribution in [0.4, 0.5) is 22.2 Å². The van der Waals surface area contributed by atoms with E-state index in [9.17, 15) is 20.0 Å². The number of carboxylic acid groups (broad SMARTS) is 1. The van der Waals surface area contributed by atoms with Crippen molar-refractivity contribution in [2.24, 2.45) is 0 Å². The van der Waals surface area contributed by atoms with Gasteiger partial charge in [0.2, 0.25) is 11.9 Å². The first-order valence-corrected chi connectivity index (χ1v) is 16.9. The Morgan fingerprint density at radius 3 is 2.50 bits per heavy atom. The van der Waals surface area contributed by atoms with E-state index >= 15 is 0 Å². The molecule has 3 atom stereocenters. The van der Waals surface area contributed by atoms with Crippen LogP contribution in [0.25, 0.3) is 10.9 Å². The van der Waals surface area contributed by atoms with Crippen molar-refractivity contribution in [2.45, 2.75) is 38.0 Å². The van der Waals surface area contributed by atoms with Gasteiger partial charge in [0.25, 0.3) is 0 Å². The Bertz CT molecular complexity index is 1680. The first-order valence-electron chi connectivity index (χ1n) is 16.9. The molecule has 0 saturated carbocycles. The van der Waals surface area contributed by atoms with Crippen LogP contribution in [0.3, 0.4) is 0 Å². The number of pyridine rings is 1. The number of amides is 2. The molecule has 1 aromatic carbocycles. The standard InChI is InChI=1S/C34H42N10O4/c1-24-21-43(28-7-6-25(20-35)31-27(28)4-2-9-36-31)23-26(48-24)22-39-12-14-40(15-13-39)30-8-10-37-33(38-30)42-18-16-41(17-19-42)32(45)29-5-3-11-44(29)34(46)47/h2,4,6-10,24,26,29H,3,5,11-19,21-23H2,1H3,(H,46,47)/t24-,26+,29?/m1/s1. The lowest BCUT2D eigenvalue weighted by molar-refractivity contribution is -0.135. The minimum Gasteiger partial charge on any atom is -0.465 e. The van der Waals surface area contributed by atoms with E-state index in [2.05, 4.69) is 42.6 Å². The van der Waals surface area contributed by atoms with Crippen LogP contribution in [-0.4, -0.2) is 144 Å². The Labute approximate surface area is 280 Å². The summed E-state index contributed by atoms with van der Waals surface area (Å²) in [5.41, 5.74) is 2.42. The molecular formula is C34H42N10O4. The molecule has 1 unspecified atom stereocenters. The number of benzene rings is 1. The number of ether oxygens (including phenoxy) is 1. The number of piperazine rings is 2. The minimum absolute atomic E-state index is 0.0553.